The van der Waals surface area contributed by atoms with Crippen LogP contribution in [0.1, 0.15) is 25.5 Å². The molecule has 1 atom stereocenters. The Morgan fingerprint density at radius 3 is 2.48 bits per heavy atom. The van der Waals surface area contributed by atoms with Gasteiger partial charge in [0, 0.05) is 30.3 Å². The number of ether oxygens (including phenoxy) is 1. The third-order valence-electron chi connectivity index (χ3n) is 3.79. The second-order valence-corrected chi connectivity index (χ2v) is 5.91. The van der Waals surface area contributed by atoms with Crippen molar-refractivity contribution >= 4 is 23.2 Å². The number of anilines is 2. The van der Waals surface area contributed by atoms with E-state index >= 15 is 0 Å². The smallest absolute Gasteiger partial charge is 0.238 e. The van der Waals surface area contributed by atoms with Crippen LogP contribution in [-0.4, -0.2) is 25.5 Å². The first-order valence-corrected chi connectivity index (χ1v) is 8.24. The summed E-state index contributed by atoms with van der Waals surface area (Å²) in [4.78, 5) is 23.4. The minimum absolute atomic E-state index is 0.106. The van der Waals surface area contributed by atoms with Gasteiger partial charge in [-0.3, -0.25) is 9.59 Å². The monoisotopic (exact) mass is 377 g/mol. The molecule has 0 aromatic heterocycles. The molecule has 27 heavy (non-hydrogen) atoms. The Hall–Kier alpha value is -3.00. The summed E-state index contributed by atoms with van der Waals surface area (Å²) in [6.07, 6.45) is 0. The Bertz CT molecular complexity index is 843. The van der Waals surface area contributed by atoms with Crippen LogP contribution in [0.15, 0.2) is 36.4 Å². The molecule has 0 radical (unpaired) electrons. The van der Waals surface area contributed by atoms with Gasteiger partial charge in [-0.15, -0.1) is 0 Å². The number of nitrogens with one attached hydrogen (secondary N) is 3. The topological polar surface area (TPSA) is 79.5 Å². The van der Waals surface area contributed by atoms with Crippen LogP contribution in [0.25, 0.3) is 0 Å². The third-order valence-corrected chi connectivity index (χ3v) is 3.79. The van der Waals surface area contributed by atoms with Crippen molar-refractivity contribution in [1.82, 2.24) is 5.32 Å². The average molecular weight is 377 g/mol. The molecule has 0 saturated heterocycles. The molecule has 0 heterocycles. The zero-order valence-corrected chi connectivity index (χ0v) is 15.2. The Morgan fingerprint density at radius 1 is 1.11 bits per heavy atom. The van der Waals surface area contributed by atoms with E-state index in [-0.39, 0.29) is 23.9 Å². The first-order valence-electron chi connectivity index (χ1n) is 8.24. The van der Waals surface area contributed by atoms with E-state index in [1.54, 1.807) is 25.1 Å². The Balaban J connectivity index is 2.01. The summed E-state index contributed by atoms with van der Waals surface area (Å²) < 4.78 is 32.0. The molecule has 3 N–H and O–H groups in total. The lowest BCUT2D eigenvalue weighted by molar-refractivity contribution is -0.115. The van der Waals surface area contributed by atoms with Crippen LogP contribution in [0.4, 0.5) is 20.2 Å². The Morgan fingerprint density at radius 2 is 1.85 bits per heavy atom. The minimum atomic E-state index is -0.680. The van der Waals surface area contributed by atoms with Crippen LogP contribution in [0.2, 0.25) is 0 Å². The number of benzene rings is 2. The van der Waals surface area contributed by atoms with Crippen molar-refractivity contribution in [1.29, 1.82) is 0 Å². The van der Waals surface area contributed by atoms with E-state index in [4.69, 9.17) is 4.74 Å². The predicted octanol–water partition coefficient (Wildman–Crippen LogP) is 3.22. The van der Waals surface area contributed by atoms with E-state index in [9.17, 15) is 18.4 Å². The van der Waals surface area contributed by atoms with Gasteiger partial charge in [0.15, 0.2) is 0 Å². The molecule has 0 fully saturated rings. The number of rotatable bonds is 7. The highest BCUT2D eigenvalue weighted by atomic mass is 19.1. The zero-order chi connectivity index (χ0) is 20.0. The van der Waals surface area contributed by atoms with Gasteiger partial charge in [0.25, 0.3) is 0 Å². The van der Waals surface area contributed by atoms with E-state index < -0.39 is 17.7 Å². The molecule has 0 aliphatic heterocycles. The van der Waals surface area contributed by atoms with Gasteiger partial charge in [0.2, 0.25) is 11.8 Å². The number of amides is 2. The summed E-state index contributed by atoms with van der Waals surface area (Å²) in [6, 6.07) is 7.63. The molecule has 2 aromatic rings. The third kappa shape index (κ3) is 5.75. The molecule has 0 aliphatic rings. The summed E-state index contributed by atoms with van der Waals surface area (Å²) in [5, 5.41) is 8.17. The molecular weight excluding hydrogens is 356 g/mol. The first kappa shape index (κ1) is 20.3. The SMILES string of the molecule is COc1ccc(NC(C)=O)cc1NC(=O)CN[C@@H](C)c1ccc(F)cc1F. The Kier molecular flexibility index (Phi) is 6.84. The van der Waals surface area contributed by atoms with Crippen molar-refractivity contribution in [2.75, 3.05) is 24.3 Å². The average Bonchev–Trinajstić information content (AvgIpc) is 2.59. The molecule has 144 valence electrons. The fourth-order valence-electron chi connectivity index (χ4n) is 2.49. The van der Waals surface area contributed by atoms with Crippen molar-refractivity contribution in [3.63, 3.8) is 0 Å². The van der Waals surface area contributed by atoms with Crippen LogP contribution in [-0.2, 0) is 9.59 Å². The number of carbonyl (C=O) groups is 2. The van der Waals surface area contributed by atoms with Crippen molar-refractivity contribution in [2.45, 2.75) is 19.9 Å². The van der Waals surface area contributed by atoms with Crippen LogP contribution >= 0.6 is 0 Å². The predicted molar refractivity (Wildman–Crippen MR) is 98.7 cm³/mol. The fraction of sp³-hybridized carbons (Fsp3) is 0.263. The van der Waals surface area contributed by atoms with E-state index in [0.717, 1.165) is 12.1 Å². The van der Waals surface area contributed by atoms with Crippen LogP contribution in [0.5, 0.6) is 5.75 Å². The van der Waals surface area contributed by atoms with Gasteiger partial charge in [-0.25, -0.2) is 8.78 Å². The van der Waals surface area contributed by atoms with E-state index in [1.807, 2.05) is 0 Å². The van der Waals surface area contributed by atoms with Crippen LogP contribution < -0.4 is 20.7 Å². The molecule has 2 amide bonds. The number of methoxy groups -OCH3 is 1. The molecule has 6 nitrogen and oxygen atoms in total. The van der Waals surface area contributed by atoms with Gasteiger partial charge in [0.05, 0.1) is 19.3 Å². The minimum Gasteiger partial charge on any atom is -0.495 e. The summed E-state index contributed by atoms with van der Waals surface area (Å²) >= 11 is 0. The van der Waals surface area contributed by atoms with Gasteiger partial charge in [-0.1, -0.05) is 6.07 Å². The number of carbonyl (C=O) groups excluding carboxylic acids is 2. The summed E-state index contributed by atoms with van der Waals surface area (Å²) in [5.41, 5.74) is 1.15. The highest BCUT2D eigenvalue weighted by Crippen LogP contribution is 2.27. The van der Waals surface area contributed by atoms with E-state index in [1.165, 1.54) is 20.1 Å². The quantitative estimate of drug-likeness (QED) is 0.692. The summed E-state index contributed by atoms with van der Waals surface area (Å²) in [5.74, 6) is -1.54. The summed E-state index contributed by atoms with van der Waals surface area (Å²) in [7, 11) is 1.46. The maximum Gasteiger partial charge on any atom is 0.238 e. The standard InChI is InChI=1S/C19H21F2N3O3/c1-11(15-6-4-13(20)8-16(15)21)22-10-19(26)24-17-9-14(23-12(2)25)5-7-18(17)27-3/h4-9,11,22H,10H2,1-3H3,(H,23,25)(H,24,26)/t11-/m0/s1. The molecule has 0 spiro atoms. The van der Waals surface area contributed by atoms with Gasteiger partial charge in [0.1, 0.15) is 17.4 Å². The molecular formula is C19H21F2N3O3. The van der Waals surface area contributed by atoms with Gasteiger partial charge in [-0.05, 0) is 31.2 Å². The van der Waals surface area contributed by atoms with Crippen molar-refractivity contribution < 1.29 is 23.1 Å². The molecule has 2 rings (SSSR count). The maximum atomic E-state index is 13.8. The lowest BCUT2D eigenvalue weighted by Gasteiger charge is -2.16. The second-order valence-electron chi connectivity index (χ2n) is 5.91. The fourth-order valence-corrected chi connectivity index (χ4v) is 2.49. The van der Waals surface area contributed by atoms with Gasteiger partial charge < -0.3 is 20.7 Å². The number of hydrogen-bond donors (Lipinski definition) is 3. The van der Waals surface area contributed by atoms with Crippen molar-refractivity contribution in [2.24, 2.45) is 0 Å². The lowest BCUT2D eigenvalue weighted by atomic mass is 10.1. The zero-order valence-electron chi connectivity index (χ0n) is 15.2. The van der Waals surface area contributed by atoms with Gasteiger partial charge >= 0.3 is 0 Å². The van der Waals surface area contributed by atoms with Crippen molar-refractivity contribution in [3.8, 4) is 5.75 Å². The van der Waals surface area contributed by atoms with Crippen LogP contribution in [0.3, 0.4) is 0 Å². The molecule has 0 unspecified atom stereocenters. The molecule has 0 bridgehead atoms. The highest BCUT2D eigenvalue weighted by molar-refractivity contribution is 5.95. The second kappa shape index (κ2) is 9.09. The van der Waals surface area contributed by atoms with Crippen molar-refractivity contribution in [3.05, 3.63) is 53.6 Å². The highest BCUT2D eigenvalue weighted by Gasteiger charge is 2.14. The molecule has 0 saturated carbocycles. The normalized spacial score (nSPS) is 11.6. The largest absolute Gasteiger partial charge is 0.495 e. The van der Waals surface area contributed by atoms with Crippen LogP contribution in [0, 0.1) is 11.6 Å². The number of halogens is 2. The van der Waals surface area contributed by atoms with E-state index in [2.05, 4.69) is 16.0 Å². The lowest BCUT2D eigenvalue weighted by Crippen LogP contribution is -2.30. The Labute approximate surface area is 155 Å². The molecule has 2 aromatic carbocycles. The number of hydrogen-bond acceptors (Lipinski definition) is 4. The maximum absolute atomic E-state index is 13.8. The van der Waals surface area contributed by atoms with Gasteiger partial charge in [-0.2, -0.15) is 0 Å². The first-order chi connectivity index (χ1) is 12.8. The molecule has 8 heteroatoms. The van der Waals surface area contributed by atoms with E-state index in [0.29, 0.717) is 17.1 Å². The summed E-state index contributed by atoms with van der Waals surface area (Å²) in [6.45, 7) is 2.94. The molecule has 0 aliphatic carbocycles.